The molecule has 0 bridgehead atoms. The lowest BCUT2D eigenvalue weighted by Gasteiger charge is -2.24. The largest absolute Gasteiger partial charge is 0.507 e. The van der Waals surface area contributed by atoms with Gasteiger partial charge in [-0.2, -0.15) is 0 Å². The summed E-state index contributed by atoms with van der Waals surface area (Å²) in [7, 11) is 0. The minimum absolute atomic E-state index is 0.0208. The molecule has 1 aliphatic heterocycles. The number of benzene rings is 2. The van der Waals surface area contributed by atoms with Crippen LogP contribution < -0.4 is 9.47 Å². The van der Waals surface area contributed by atoms with Crippen LogP contribution in [0.4, 0.5) is 0 Å². The Hall–Kier alpha value is -4.00. The zero-order valence-corrected chi connectivity index (χ0v) is 19.2. The Kier molecular flexibility index (Phi) is 7.01. The number of aliphatic hydroxyl groups is 1. The number of hydrogen-bond donors (Lipinski definition) is 1. The molecular formula is C27H27NO6. The second-order valence-corrected chi connectivity index (χ2v) is 7.88. The smallest absolute Gasteiger partial charge is 0.296 e. The third-order valence-corrected chi connectivity index (χ3v) is 5.53. The van der Waals surface area contributed by atoms with E-state index in [2.05, 4.69) is 0 Å². The number of furan rings is 1. The molecule has 0 saturated carbocycles. The van der Waals surface area contributed by atoms with Crippen molar-refractivity contribution in [2.45, 2.75) is 32.9 Å². The van der Waals surface area contributed by atoms with Crippen LogP contribution in [0.5, 0.6) is 11.5 Å². The molecule has 1 unspecified atom stereocenters. The molecular weight excluding hydrogens is 434 g/mol. The summed E-state index contributed by atoms with van der Waals surface area (Å²) >= 11 is 0. The van der Waals surface area contributed by atoms with E-state index in [0.29, 0.717) is 41.6 Å². The van der Waals surface area contributed by atoms with Crippen molar-refractivity contribution in [1.29, 1.82) is 0 Å². The molecule has 1 atom stereocenters. The Morgan fingerprint density at radius 1 is 1.00 bits per heavy atom. The summed E-state index contributed by atoms with van der Waals surface area (Å²) in [4.78, 5) is 27.7. The standard InChI is InChI=1S/C27H27NO6/c1-3-14-33-20-12-10-18(11-13-20)24-23(25(29)19-7-5-8-21(16-19)32-4-2)26(30)27(31)28(24)17-22-9-6-15-34-22/h5-13,15-16,24,29H,3-4,14,17H2,1-2H3. The van der Waals surface area contributed by atoms with Crippen LogP contribution >= 0.6 is 0 Å². The number of rotatable bonds is 9. The molecule has 4 rings (SSSR count). The average Bonchev–Trinajstić information content (AvgIpc) is 3.45. The summed E-state index contributed by atoms with van der Waals surface area (Å²) in [5.74, 6) is 0.0898. The van der Waals surface area contributed by atoms with Crippen LogP contribution in [0.25, 0.3) is 5.76 Å². The minimum Gasteiger partial charge on any atom is -0.507 e. The average molecular weight is 462 g/mol. The summed E-state index contributed by atoms with van der Waals surface area (Å²) in [6, 6.07) is 16.7. The van der Waals surface area contributed by atoms with Crippen molar-refractivity contribution < 1.29 is 28.6 Å². The lowest BCUT2D eigenvalue weighted by molar-refractivity contribution is -0.140. The monoisotopic (exact) mass is 461 g/mol. The van der Waals surface area contributed by atoms with Crippen LogP contribution in [0.15, 0.2) is 76.9 Å². The zero-order chi connectivity index (χ0) is 24.1. The van der Waals surface area contributed by atoms with Crippen molar-refractivity contribution in [1.82, 2.24) is 4.90 Å². The molecule has 2 heterocycles. The molecule has 0 radical (unpaired) electrons. The highest BCUT2D eigenvalue weighted by molar-refractivity contribution is 6.46. The van der Waals surface area contributed by atoms with Gasteiger partial charge in [-0.15, -0.1) is 0 Å². The van der Waals surface area contributed by atoms with E-state index < -0.39 is 17.7 Å². The molecule has 1 fully saturated rings. The van der Waals surface area contributed by atoms with Crippen molar-refractivity contribution in [3.8, 4) is 11.5 Å². The number of carbonyl (C=O) groups is 2. The number of amides is 1. The van der Waals surface area contributed by atoms with Gasteiger partial charge in [0.05, 0.1) is 37.6 Å². The van der Waals surface area contributed by atoms with Crippen molar-refractivity contribution in [3.05, 3.63) is 89.4 Å². The maximum atomic E-state index is 13.2. The first-order chi connectivity index (χ1) is 16.5. The molecule has 7 heteroatoms. The molecule has 3 aromatic rings. The Bertz CT molecular complexity index is 1180. The van der Waals surface area contributed by atoms with Crippen LogP contribution in [0.1, 0.15) is 43.2 Å². The Morgan fingerprint density at radius 3 is 2.47 bits per heavy atom. The van der Waals surface area contributed by atoms with Gasteiger partial charge in [-0.3, -0.25) is 9.59 Å². The van der Waals surface area contributed by atoms with Crippen molar-refractivity contribution in [2.24, 2.45) is 0 Å². The summed E-state index contributed by atoms with van der Waals surface area (Å²) < 4.78 is 16.6. The van der Waals surface area contributed by atoms with Crippen LogP contribution in [-0.4, -0.2) is 34.9 Å². The number of likely N-dealkylation sites (tertiary alicyclic amines) is 1. The van der Waals surface area contributed by atoms with E-state index in [9.17, 15) is 14.7 Å². The predicted octanol–water partition coefficient (Wildman–Crippen LogP) is 5.09. The molecule has 1 saturated heterocycles. The van der Waals surface area contributed by atoms with E-state index >= 15 is 0 Å². The minimum atomic E-state index is -0.791. The van der Waals surface area contributed by atoms with Crippen LogP contribution in [0, 0.1) is 0 Å². The van der Waals surface area contributed by atoms with E-state index in [1.165, 1.54) is 11.2 Å². The van der Waals surface area contributed by atoms with Gasteiger partial charge in [-0.25, -0.2) is 0 Å². The fraction of sp³-hybridized carbons (Fsp3) is 0.259. The number of nitrogens with zero attached hydrogens (tertiary/aromatic N) is 1. The topological polar surface area (TPSA) is 89.2 Å². The summed E-state index contributed by atoms with van der Waals surface area (Å²) in [5, 5.41) is 11.2. The van der Waals surface area contributed by atoms with E-state index in [1.54, 1.807) is 60.7 Å². The summed E-state index contributed by atoms with van der Waals surface area (Å²) in [5.41, 5.74) is 1.10. The van der Waals surface area contributed by atoms with Crippen LogP contribution in [0.2, 0.25) is 0 Å². The predicted molar refractivity (Wildman–Crippen MR) is 126 cm³/mol. The summed E-state index contributed by atoms with van der Waals surface area (Å²) in [6.45, 7) is 5.03. The quantitative estimate of drug-likeness (QED) is 0.271. The van der Waals surface area contributed by atoms with Crippen LogP contribution in [0.3, 0.4) is 0 Å². The highest BCUT2D eigenvalue weighted by Gasteiger charge is 2.46. The summed E-state index contributed by atoms with van der Waals surface area (Å²) in [6.07, 6.45) is 2.39. The second kappa shape index (κ2) is 10.3. The molecule has 0 spiro atoms. The van der Waals surface area contributed by atoms with Gasteiger partial charge in [0, 0.05) is 5.56 Å². The molecule has 176 valence electrons. The van der Waals surface area contributed by atoms with Crippen LogP contribution in [-0.2, 0) is 16.1 Å². The molecule has 1 N–H and O–H groups in total. The van der Waals surface area contributed by atoms with Gasteiger partial charge in [-0.1, -0.05) is 31.2 Å². The normalized spacial score (nSPS) is 17.2. The van der Waals surface area contributed by atoms with Gasteiger partial charge in [0.15, 0.2) is 0 Å². The number of ether oxygens (including phenoxy) is 2. The SMILES string of the molecule is CCCOc1ccc(C2C(=C(O)c3cccc(OCC)c3)C(=O)C(=O)N2Cc2ccco2)cc1. The molecule has 1 aromatic heterocycles. The Balaban J connectivity index is 1.79. The number of carbonyl (C=O) groups excluding carboxylic acids is 2. The van der Waals surface area contributed by atoms with E-state index in [1.807, 2.05) is 13.8 Å². The van der Waals surface area contributed by atoms with Gasteiger partial charge in [0.25, 0.3) is 11.7 Å². The molecule has 1 aliphatic rings. The number of Topliss-reactive ketones (excluding diaryl/α,β-unsaturated/α-hetero) is 1. The first kappa shape index (κ1) is 23.2. The molecule has 0 aliphatic carbocycles. The highest BCUT2D eigenvalue weighted by Crippen LogP contribution is 2.41. The Morgan fingerprint density at radius 2 is 1.79 bits per heavy atom. The van der Waals surface area contributed by atoms with Gasteiger partial charge in [0.2, 0.25) is 0 Å². The number of ketones is 1. The molecule has 7 nitrogen and oxygen atoms in total. The highest BCUT2D eigenvalue weighted by atomic mass is 16.5. The lowest BCUT2D eigenvalue weighted by atomic mass is 9.95. The van der Waals surface area contributed by atoms with Gasteiger partial charge >= 0.3 is 0 Å². The van der Waals surface area contributed by atoms with E-state index in [-0.39, 0.29) is 17.9 Å². The second-order valence-electron chi connectivity index (χ2n) is 7.88. The molecule has 2 aromatic carbocycles. The Labute approximate surface area is 198 Å². The molecule has 34 heavy (non-hydrogen) atoms. The van der Waals surface area contributed by atoms with E-state index in [4.69, 9.17) is 13.9 Å². The molecule has 1 amide bonds. The van der Waals surface area contributed by atoms with E-state index in [0.717, 1.165) is 6.42 Å². The zero-order valence-electron chi connectivity index (χ0n) is 19.2. The third-order valence-electron chi connectivity index (χ3n) is 5.53. The first-order valence-electron chi connectivity index (χ1n) is 11.3. The number of hydrogen-bond acceptors (Lipinski definition) is 6. The van der Waals surface area contributed by atoms with Crippen molar-refractivity contribution >= 4 is 17.4 Å². The first-order valence-corrected chi connectivity index (χ1v) is 11.3. The van der Waals surface area contributed by atoms with Gasteiger partial charge in [-0.05, 0) is 55.3 Å². The maximum Gasteiger partial charge on any atom is 0.296 e. The van der Waals surface area contributed by atoms with Crippen molar-refractivity contribution in [2.75, 3.05) is 13.2 Å². The van der Waals surface area contributed by atoms with Crippen molar-refractivity contribution in [3.63, 3.8) is 0 Å². The lowest BCUT2D eigenvalue weighted by Crippen LogP contribution is -2.29. The third kappa shape index (κ3) is 4.69. The fourth-order valence-corrected chi connectivity index (χ4v) is 3.98. The van der Waals surface area contributed by atoms with Gasteiger partial charge in [0.1, 0.15) is 23.0 Å². The number of aliphatic hydroxyl groups excluding tert-OH is 1. The van der Waals surface area contributed by atoms with Gasteiger partial charge < -0.3 is 23.9 Å². The maximum absolute atomic E-state index is 13.2. The fourth-order valence-electron chi connectivity index (χ4n) is 3.98.